The molecule has 7 heteroatoms. The van der Waals surface area contributed by atoms with E-state index in [1.54, 1.807) is 0 Å². The molecule has 0 radical (unpaired) electrons. The topological polar surface area (TPSA) is 53.9 Å². The molecule has 1 unspecified atom stereocenters. The molecule has 4 aromatic rings. The van der Waals surface area contributed by atoms with Crippen molar-refractivity contribution >= 4 is 33.2 Å². The molecule has 1 N–H and O–H groups in total. The summed E-state index contributed by atoms with van der Waals surface area (Å²) >= 11 is 7.51. The monoisotopic (exact) mass is 424 g/mol. The molecule has 29 heavy (non-hydrogen) atoms. The van der Waals surface area contributed by atoms with Gasteiger partial charge in [-0.3, -0.25) is 9.69 Å². The summed E-state index contributed by atoms with van der Waals surface area (Å²) in [6.07, 6.45) is 4.37. The third kappa shape index (κ3) is 3.41. The molecular formula is C22H21ClN4OS. The van der Waals surface area contributed by atoms with Crippen LogP contribution >= 0.6 is 22.9 Å². The van der Waals surface area contributed by atoms with Gasteiger partial charge in [-0.15, -0.1) is 11.3 Å². The lowest BCUT2D eigenvalue weighted by Gasteiger charge is -2.24. The van der Waals surface area contributed by atoms with Crippen LogP contribution in [-0.2, 0) is 13.6 Å². The summed E-state index contributed by atoms with van der Waals surface area (Å²) in [5, 5.41) is 3.34. The molecule has 1 aliphatic heterocycles. The zero-order chi connectivity index (χ0) is 20.0. The first kappa shape index (κ1) is 18.6. The Kier molecular flexibility index (Phi) is 4.78. The maximum Gasteiger partial charge on any atom is 0.260 e. The van der Waals surface area contributed by atoms with Gasteiger partial charge in [0, 0.05) is 34.9 Å². The fourth-order valence-corrected chi connectivity index (χ4v) is 5.37. The highest BCUT2D eigenvalue weighted by atomic mass is 35.5. The van der Waals surface area contributed by atoms with Gasteiger partial charge >= 0.3 is 0 Å². The maximum absolute atomic E-state index is 12.9. The number of H-pyrrole nitrogens is 1. The molecule has 1 fully saturated rings. The molecule has 1 aromatic carbocycles. The number of fused-ring (bicyclic) bond motifs is 1. The van der Waals surface area contributed by atoms with Crippen molar-refractivity contribution < 1.29 is 0 Å². The number of thiophene rings is 1. The van der Waals surface area contributed by atoms with E-state index < -0.39 is 0 Å². The number of likely N-dealkylation sites (tertiary alicyclic amines) is 1. The van der Waals surface area contributed by atoms with Gasteiger partial charge in [-0.25, -0.2) is 4.98 Å². The number of aryl methyl sites for hydroxylation is 1. The lowest BCUT2D eigenvalue weighted by molar-refractivity contribution is 0.235. The number of benzene rings is 1. The van der Waals surface area contributed by atoms with Crippen molar-refractivity contribution in [2.45, 2.75) is 25.4 Å². The molecule has 0 saturated carbocycles. The normalized spacial score (nSPS) is 17.4. The smallest absolute Gasteiger partial charge is 0.260 e. The largest absolute Gasteiger partial charge is 0.353 e. The van der Waals surface area contributed by atoms with Crippen LogP contribution in [0, 0.1) is 0 Å². The van der Waals surface area contributed by atoms with Crippen LogP contribution in [0.4, 0.5) is 0 Å². The highest BCUT2D eigenvalue weighted by Gasteiger charge is 2.28. The van der Waals surface area contributed by atoms with Crippen LogP contribution in [0.25, 0.3) is 21.3 Å². The molecule has 3 aromatic heterocycles. The molecule has 5 nitrogen and oxygen atoms in total. The molecular weight excluding hydrogens is 404 g/mol. The van der Waals surface area contributed by atoms with Gasteiger partial charge < -0.3 is 9.55 Å². The maximum atomic E-state index is 12.9. The van der Waals surface area contributed by atoms with Crippen molar-refractivity contribution in [3.63, 3.8) is 0 Å². The number of nitrogens with zero attached hydrogens (tertiary/aromatic N) is 3. The second kappa shape index (κ2) is 7.44. The number of aromatic nitrogens is 3. The average Bonchev–Trinajstić information content (AvgIpc) is 3.42. The van der Waals surface area contributed by atoms with Crippen molar-refractivity contribution in [1.82, 2.24) is 19.4 Å². The first-order valence-electron chi connectivity index (χ1n) is 9.72. The van der Waals surface area contributed by atoms with Crippen molar-refractivity contribution in [2.24, 2.45) is 7.05 Å². The lowest BCUT2D eigenvalue weighted by Crippen LogP contribution is -2.26. The first-order chi connectivity index (χ1) is 14.1. The van der Waals surface area contributed by atoms with Crippen LogP contribution in [0.1, 0.15) is 30.4 Å². The molecule has 4 heterocycles. The van der Waals surface area contributed by atoms with Crippen molar-refractivity contribution in [1.29, 1.82) is 0 Å². The summed E-state index contributed by atoms with van der Waals surface area (Å²) in [5.41, 5.74) is 3.12. The second-order valence-corrected chi connectivity index (χ2v) is 8.82. The standard InChI is InChI=1S/C22H21ClN4OS/c1-26-10-2-4-17(26)18-5-3-11-27(18)12-19-24-21(28)20-16(13-29-22(20)25-19)14-6-8-15(23)9-7-14/h2,4,6-10,13,18H,3,5,11-12H2,1H3,(H,24,25,28). The number of hydrogen-bond acceptors (Lipinski definition) is 4. The van der Waals surface area contributed by atoms with E-state index >= 15 is 0 Å². The molecule has 1 saturated heterocycles. The molecule has 5 rings (SSSR count). The summed E-state index contributed by atoms with van der Waals surface area (Å²) in [4.78, 5) is 23.9. The second-order valence-electron chi connectivity index (χ2n) is 7.52. The Bertz CT molecular complexity index is 1220. The van der Waals surface area contributed by atoms with E-state index in [1.807, 2.05) is 29.6 Å². The highest BCUT2D eigenvalue weighted by Crippen LogP contribution is 2.34. The molecule has 0 spiro atoms. The lowest BCUT2D eigenvalue weighted by atomic mass is 10.1. The van der Waals surface area contributed by atoms with Crippen LogP contribution in [0.2, 0.25) is 5.02 Å². The molecule has 148 valence electrons. The van der Waals surface area contributed by atoms with Crippen molar-refractivity contribution in [3.05, 3.63) is 74.9 Å². The van der Waals surface area contributed by atoms with Gasteiger partial charge in [0.05, 0.1) is 18.0 Å². The van der Waals surface area contributed by atoms with E-state index in [-0.39, 0.29) is 5.56 Å². The third-order valence-corrected chi connectivity index (χ3v) is 6.81. The van der Waals surface area contributed by atoms with Gasteiger partial charge in [0.15, 0.2) is 0 Å². The van der Waals surface area contributed by atoms with Gasteiger partial charge in [0.1, 0.15) is 10.7 Å². The van der Waals surface area contributed by atoms with E-state index in [2.05, 4.69) is 39.8 Å². The minimum atomic E-state index is -0.0780. The average molecular weight is 425 g/mol. The Balaban J connectivity index is 1.47. The summed E-state index contributed by atoms with van der Waals surface area (Å²) in [5.74, 6) is 0.730. The summed E-state index contributed by atoms with van der Waals surface area (Å²) in [7, 11) is 2.09. The fraction of sp³-hybridized carbons (Fsp3) is 0.273. The summed E-state index contributed by atoms with van der Waals surface area (Å²) in [6.45, 7) is 1.66. The van der Waals surface area contributed by atoms with Crippen LogP contribution in [0.15, 0.2) is 52.8 Å². The van der Waals surface area contributed by atoms with Crippen LogP contribution in [-0.4, -0.2) is 26.0 Å². The SMILES string of the molecule is Cn1cccc1C1CCCN1Cc1nc2scc(-c3ccc(Cl)cc3)c2c(=O)[nH]1. The Hall–Kier alpha value is -2.41. The Labute approximate surface area is 177 Å². The summed E-state index contributed by atoms with van der Waals surface area (Å²) < 4.78 is 2.18. The van der Waals surface area contributed by atoms with E-state index in [1.165, 1.54) is 17.0 Å². The minimum Gasteiger partial charge on any atom is -0.353 e. The summed E-state index contributed by atoms with van der Waals surface area (Å²) in [6, 6.07) is 12.2. The van der Waals surface area contributed by atoms with Crippen molar-refractivity contribution in [2.75, 3.05) is 6.54 Å². The first-order valence-corrected chi connectivity index (χ1v) is 11.0. The predicted molar refractivity (Wildman–Crippen MR) is 118 cm³/mol. The van der Waals surface area contributed by atoms with E-state index in [9.17, 15) is 4.79 Å². The van der Waals surface area contributed by atoms with Crippen LogP contribution < -0.4 is 5.56 Å². The van der Waals surface area contributed by atoms with Gasteiger partial charge in [0.2, 0.25) is 0 Å². The van der Waals surface area contributed by atoms with E-state index in [0.29, 0.717) is 23.0 Å². The van der Waals surface area contributed by atoms with E-state index in [4.69, 9.17) is 16.6 Å². The number of aromatic amines is 1. The molecule has 1 atom stereocenters. The molecule has 0 bridgehead atoms. The quantitative estimate of drug-likeness (QED) is 0.502. The zero-order valence-electron chi connectivity index (χ0n) is 16.1. The van der Waals surface area contributed by atoms with Crippen LogP contribution in [0.3, 0.4) is 0 Å². The molecule has 0 aliphatic carbocycles. The number of rotatable bonds is 4. The number of hydrogen-bond donors (Lipinski definition) is 1. The van der Waals surface area contributed by atoms with E-state index in [0.717, 1.165) is 41.2 Å². The van der Waals surface area contributed by atoms with Gasteiger partial charge in [-0.1, -0.05) is 23.7 Å². The van der Waals surface area contributed by atoms with Crippen molar-refractivity contribution in [3.8, 4) is 11.1 Å². The number of nitrogens with one attached hydrogen (secondary N) is 1. The van der Waals surface area contributed by atoms with Crippen LogP contribution in [0.5, 0.6) is 0 Å². The minimum absolute atomic E-state index is 0.0780. The Morgan fingerprint density at radius 3 is 2.86 bits per heavy atom. The van der Waals surface area contributed by atoms with Gasteiger partial charge in [-0.2, -0.15) is 0 Å². The Morgan fingerprint density at radius 2 is 2.10 bits per heavy atom. The third-order valence-electron chi connectivity index (χ3n) is 5.69. The fourth-order valence-electron chi connectivity index (χ4n) is 4.27. The molecule has 0 amide bonds. The van der Waals surface area contributed by atoms with Gasteiger partial charge in [-0.05, 0) is 49.2 Å². The van der Waals surface area contributed by atoms with Gasteiger partial charge in [0.25, 0.3) is 5.56 Å². The zero-order valence-corrected chi connectivity index (χ0v) is 17.6. The highest BCUT2D eigenvalue weighted by molar-refractivity contribution is 7.17. The predicted octanol–water partition coefficient (Wildman–Crippen LogP) is 4.98. The Morgan fingerprint density at radius 1 is 1.28 bits per heavy atom. The molecule has 1 aliphatic rings. The number of halogens is 1.